The third-order valence-electron chi connectivity index (χ3n) is 3.87. The third-order valence-corrected chi connectivity index (χ3v) is 3.87. The zero-order chi connectivity index (χ0) is 13.2. The lowest BCUT2D eigenvalue weighted by molar-refractivity contribution is -0.115. The minimum Gasteiger partial charge on any atom is -0.339 e. The molecule has 19 heavy (non-hydrogen) atoms. The number of likely N-dealkylation sites (tertiary alicyclic amines) is 1. The molecular formula is C15H18N2O2. The summed E-state index contributed by atoms with van der Waals surface area (Å²) in [5, 5.41) is 2.79. The first kappa shape index (κ1) is 12.2. The van der Waals surface area contributed by atoms with Crippen LogP contribution in [0.5, 0.6) is 0 Å². The summed E-state index contributed by atoms with van der Waals surface area (Å²) in [6.45, 7) is 1.71. The molecule has 2 heterocycles. The van der Waals surface area contributed by atoms with Crippen molar-refractivity contribution in [3.63, 3.8) is 0 Å². The molecule has 0 aliphatic carbocycles. The van der Waals surface area contributed by atoms with Crippen LogP contribution >= 0.6 is 0 Å². The van der Waals surface area contributed by atoms with E-state index in [9.17, 15) is 9.59 Å². The molecule has 1 saturated heterocycles. The van der Waals surface area contributed by atoms with Crippen LogP contribution in [0.4, 0.5) is 5.69 Å². The Balaban J connectivity index is 1.80. The fourth-order valence-corrected chi connectivity index (χ4v) is 2.82. The molecule has 2 aliphatic heterocycles. The molecule has 100 valence electrons. The van der Waals surface area contributed by atoms with Crippen molar-refractivity contribution in [2.45, 2.75) is 32.1 Å². The summed E-state index contributed by atoms with van der Waals surface area (Å²) < 4.78 is 0. The maximum absolute atomic E-state index is 12.5. The number of nitrogens with one attached hydrogen (secondary N) is 1. The van der Waals surface area contributed by atoms with E-state index in [-0.39, 0.29) is 11.8 Å². The highest BCUT2D eigenvalue weighted by Gasteiger charge is 2.22. The second-order valence-corrected chi connectivity index (χ2v) is 5.30. The van der Waals surface area contributed by atoms with E-state index in [1.807, 2.05) is 23.1 Å². The van der Waals surface area contributed by atoms with Gasteiger partial charge in [0, 0.05) is 24.3 Å². The topological polar surface area (TPSA) is 49.4 Å². The van der Waals surface area contributed by atoms with E-state index < -0.39 is 0 Å². The average molecular weight is 258 g/mol. The summed E-state index contributed by atoms with van der Waals surface area (Å²) in [6, 6.07) is 5.52. The molecular weight excluding hydrogens is 240 g/mol. The fourth-order valence-electron chi connectivity index (χ4n) is 2.82. The van der Waals surface area contributed by atoms with Gasteiger partial charge < -0.3 is 10.2 Å². The first-order valence-corrected chi connectivity index (χ1v) is 6.96. The molecule has 1 aromatic carbocycles. The molecule has 1 fully saturated rings. The van der Waals surface area contributed by atoms with Crippen molar-refractivity contribution < 1.29 is 9.59 Å². The van der Waals surface area contributed by atoms with Gasteiger partial charge in [-0.25, -0.2) is 0 Å². The van der Waals surface area contributed by atoms with Crippen LogP contribution in [0.3, 0.4) is 0 Å². The van der Waals surface area contributed by atoms with E-state index in [1.165, 1.54) is 12.8 Å². The van der Waals surface area contributed by atoms with Crippen LogP contribution in [0.2, 0.25) is 0 Å². The molecule has 3 rings (SSSR count). The zero-order valence-electron chi connectivity index (χ0n) is 10.9. The molecule has 0 bridgehead atoms. The van der Waals surface area contributed by atoms with Crippen LogP contribution in [-0.2, 0) is 11.2 Å². The van der Waals surface area contributed by atoms with Gasteiger partial charge in [0.25, 0.3) is 5.91 Å². The summed E-state index contributed by atoms with van der Waals surface area (Å²) in [7, 11) is 0. The van der Waals surface area contributed by atoms with Gasteiger partial charge >= 0.3 is 0 Å². The summed E-state index contributed by atoms with van der Waals surface area (Å²) in [5.74, 6) is 0.110. The Bertz CT molecular complexity index is 517. The molecule has 2 aliphatic rings. The number of hydrogen-bond donors (Lipinski definition) is 1. The lowest BCUT2D eigenvalue weighted by atomic mass is 10.1. The number of anilines is 1. The Morgan fingerprint density at radius 1 is 1.11 bits per heavy atom. The average Bonchev–Trinajstić information content (AvgIpc) is 2.63. The fraction of sp³-hybridized carbons (Fsp3) is 0.467. The Morgan fingerprint density at radius 3 is 2.58 bits per heavy atom. The van der Waals surface area contributed by atoms with Gasteiger partial charge in [0.15, 0.2) is 0 Å². The predicted molar refractivity (Wildman–Crippen MR) is 73.1 cm³/mol. The highest BCUT2D eigenvalue weighted by atomic mass is 16.2. The van der Waals surface area contributed by atoms with Gasteiger partial charge in [-0.2, -0.15) is 0 Å². The monoisotopic (exact) mass is 258 g/mol. The molecule has 0 radical (unpaired) electrons. The number of carbonyl (C=O) groups excluding carboxylic acids is 2. The van der Waals surface area contributed by atoms with Gasteiger partial charge in [-0.3, -0.25) is 9.59 Å². The van der Waals surface area contributed by atoms with Crippen LogP contribution in [0.15, 0.2) is 18.2 Å². The first-order valence-electron chi connectivity index (χ1n) is 6.96. The van der Waals surface area contributed by atoms with Crippen LogP contribution in [0, 0.1) is 0 Å². The van der Waals surface area contributed by atoms with Gasteiger partial charge in [0.05, 0.1) is 6.42 Å². The summed E-state index contributed by atoms with van der Waals surface area (Å²) in [6.07, 6.45) is 5.00. The number of hydrogen-bond acceptors (Lipinski definition) is 2. The van der Waals surface area contributed by atoms with Crippen molar-refractivity contribution in [2.75, 3.05) is 18.4 Å². The number of carbonyl (C=O) groups is 2. The zero-order valence-corrected chi connectivity index (χ0v) is 10.9. The largest absolute Gasteiger partial charge is 0.339 e. The Kier molecular flexibility index (Phi) is 3.23. The highest BCUT2D eigenvalue weighted by molar-refractivity contribution is 6.01. The number of benzene rings is 1. The lowest BCUT2D eigenvalue weighted by Crippen LogP contribution is -2.31. The number of fused-ring (bicyclic) bond motifs is 1. The van der Waals surface area contributed by atoms with Gasteiger partial charge in [-0.15, -0.1) is 0 Å². The van der Waals surface area contributed by atoms with Crippen molar-refractivity contribution >= 4 is 17.5 Å². The van der Waals surface area contributed by atoms with Gasteiger partial charge in [-0.1, -0.05) is 12.8 Å². The van der Waals surface area contributed by atoms with E-state index in [2.05, 4.69) is 5.32 Å². The van der Waals surface area contributed by atoms with Gasteiger partial charge in [-0.05, 0) is 36.6 Å². The molecule has 0 spiro atoms. The summed E-state index contributed by atoms with van der Waals surface area (Å²) in [4.78, 5) is 25.7. The van der Waals surface area contributed by atoms with Crippen LogP contribution in [0.1, 0.15) is 41.6 Å². The van der Waals surface area contributed by atoms with Gasteiger partial charge in [0.2, 0.25) is 5.91 Å². The van der Waals surface area contributed by atoms with E-state index >= 15 is 0 Å². The first-order chi connectivity index (χ1) is 9.24. The number of rotatable bonds is 1. The highest BCUT2D eigenvalue weighted by Crippen LogP contribution is 2.24. The Hall–Kier alpha value is -1.84. The van der Waals surface area contributed by atoms with E-state index in [0.717, 1.165) is 37.2 Å². The Labute approximate surface area is 112 Å². The predicted octanol–water partition coefficient (Wildman–Crippen LogP) is 2.20. The molecule has 0 aromatic heterocycles. The van der Waals surface area contributed by atoms with E-state index in [1.54, 1.807) is 0 Å². The third kappa shape index (κ3) is 2.48. The molecule has 1 N–H and O–H groups in total. The van der Waals surface area contributed by atoms with Crippen LogP contribution in [0.25, 0.3) is 0 Å². The van der Waals surface area contributed by atoms with Crippen LogP contribution < -0.4 is 5.32 Å². The smallest absolute Gasteiger partial charge is 0.253 e. The standard InChI is InChI=1S/C15H18N2O2/c18-14-10-12-9-11(5-6-13(12)16-14)15(19)17-7-3-1-2-4-8-17/h5-6,9H,1-4,7-8,10H2,(H,16,18). The van der Waals surface area contributed by atoms with Crippen molar-refractivity contribution in [3.05, 3.63) is 29.3 Å². The SMILES string of the molecule is O=C1Cc2cc(C(=O)N3CCCCCC3)ccc2N1. The molecule has 4 nitrogen and oxygen atoms in total. The van der Waals surface area contributed by atoms with Gasteiger partial charge in [0.1, 0.15) is 0 Å². The van der Waals surface area contributed by atoms with Crippen molar-refractivity contribution in [1.82, 2.24) is 4.90 Å². The normalized spacial score (nSPS) is 18.7. The molecule has 2 amide bonds. The summed E-state index contributed by atoms with van der Waals surface area (Å²) in [5.41, 5.74) is 2.49. The minimum absolute atomic E-state index is 0.00868. The van der Waals surface area contributed by atoms with Crippen molar-refractivity contribution in [3.8, 4) is 0 Å². The second-order valence-electron chi connectivity index (χ2n) is 5.30. The quantitative estimate of drug-likeness (QED) is 0.839. The Morgan fingerprint density at radius 2 is 1.84 bits per heavy atom. The van der Waals surface area contributed by atoms with Crippen LogP contribution in [-0.4, -0.2) is 29.8 Å². The maximum Gasteiger partial charge on any atom is 0.253 e. The minimum atomic E-state index is 0.00868. The van der Waals surface area contributed by atoms with Crippen molar-refractivity contribution in [1.29, 1.82) is 0 Å². The molecule has 1 aromatic rings. The molecule has 0 unspecified atom stereocenters. The van der Waals surface area contributed by atoms with Crippen molar-refractivity contribution in [2.24, 2.45) is 0 Å². The second kappa shape index (κ2) is 5.03. The number of amides is 2. The van der Waals surface area contributed by atoms with E-state index in [4.69, 9.17) is 0 Å². The maximum atomic E-state index is 12.5. The molecule has 0 atom stereocenters. The molecule has 4 heteroatoms. The lowest BCUT2D eigenvalue weighted by Gasteiger charge is -2.20. The number of nitrogens with zero attached hydrogens (tertiary/aromatic N) is 1. The molecule has 0 saturated carbocycles. The summed E-state index contributed by atoms with van der Waals surface area (Å²) >= 11 is 0. The van der Waals surface area contributed by atoms with E-state index in [0.29, 0.717) is 12.0 Å².